The maximum atomic E-state index is 12.5. The third kappa shape index (κ3) is 3.76. The molecular weight excluding hydrogens is 349 g/mol. The van der Waals surface area contributed by atoms with Gasteiger partial charge in [-0.1, -0.05) is 0 Å². The fraction of sp³-hybridized carbons (Fsp3) is 0.688. The van der Waals surface area contributed by atoms with E-state index in [1.165, 1.54) is 12.8 Å². The Labute approximate surface area is 154 Å². The Morgan fingerprint density at radius 3 is 2.58 bits per heavy atom. The molecule has 3 fully saturated rings. The average molecular weight is 374 g/mol. The van der Waals surface area contributed by atoms with Gasteiger partial charge in [0.15, 0.2) is 0 Å². The van der Waals surface area contributed by atoms with Gasteiger partial charge in [-0.25, -0.2) is 9.97 Å². The standard InChI is InChI=1S/C16H23N5O.2ClH/c1-10-6-14(19-9-18-10)20-13-8-21(7-12(13)11-2-3-11)15(22)16(17)4-5-16;;/h6,9,11-13H,2-5,7-8,17H2,1H3,(H,18,19,20);2*1H/t12-,13+;;/m1../s1. The number of amides is 1. The van der Waals surface area contributed by atoms with Gasteiger partial charge in [-0.15, -0.1) is 24.8 Å². The van der Waals surface area contributed by atoms with Crippen LogP contribution in [0.5, 0.6) is 0 Å². The number of hydrogen-bond donors (Lipinski definition) is 2. The van der Waals surface area contributed by atoms with Crippen molar-refractivity contribution >= 4 is 36.5 Å². The molecule has 1 aromatic heterocycles. The lowest BCUT2D eigenvalue weighted by atomic mass is 9.98. The Kier molecular flexibility index (Phi) is 5.62. The Balaban J connectivity index is 0.00000104. The number of nitrogens with one attached hydrogen (secondary N) is 1. The summed E-state index contributed by atoms with van der Waals surface area (Å²) in [6.07, 6.45) is 5.81. The quantitative estimate of drug-likeness (QED) is 0.839. The van der Waals surface area contributed by atoms with Crippen molar-refractivity contribution in [3.8, 4) is 0 Å². The highest BCUT2D eigenvalue weighted by molar-refractivity contribution is 5.89. The van der Waals surface area contributed by atoms with E-state index in [0.717, 1.165) is 43.4 Å². The second kappa shape index (κ2) is 7.02. The van der Waals surface area contributed by atoms with Crippen LogP contribution >= 0.6 is 24.8 Å². The van der Waals surface area contributed by atoms with Crippen LogP contribution < -0.4 is 11.1 Å². The number of likely N-dealkylation sites (tertiary alicyclic amines) is 1. The van der Waals surface area contributed by atoms with Gasteiger partial charge < -0.3 is 16.0 Å². The summed E-state index contributed by atoms with van der Waals surface area (Å²) in [4.78, 5) is 22.9. The third-order valence-electron chi connectivity index (χ3n) is 5.23. The number of nitrogens with zero attached hydrogens (tertiary/aromatic N) is 3. The van der Waals surface area contributed by atoms with Crippen LogP contribution in [0.25, 0.3) is 0 Å². The largest absolute Gasteiger partial charge is 0.365 e. The van der Waals surface area contributed by atoms with Crippen molar-refractivity contribution in [2.45, 2.75) is 44.2 Å². The van der Waals surface area contributed by atoms with Gasteiger partial charge in [0.25, 0.3) is 0 Å². The molecule has 1 saturated heterocycles. The first-order chi connectivity index (χ1) is 10.5. The zero-order chi connectivity index (χ0) is 15.3. The minimum absolute atomic E-state index is 0. The summed E-state index contributed by atoms with van der Waals surface area (Å²) in [7, 11) is 0. The van der Waals surface area contributed by atoms with Gasteiger partial charge in [-0.3, -0.25) is 4.79 Å². The molecule has 2 heterocycles. The number of halogens is 2. The normalized spacial score (nSPS) is 27.0. The predicted octanol–water partition coefficient (Wildman–Crippen LogP) is 1.77. The van der Waals surface area contributed by atoms with E-state index in [1.54, 1.807) is 6.33 Å². The molecule has 1 aliphatic heterocycles. The highest BCUT2D eigenvalue weighted by atomic mass is 35.5. The van der Waals surface area contributed by atoms with Crippen LogP contribution in [0.2, 0.25) is 0 Å². The molecule has 2 atom stereocenters. The highest BCUT2D eigenvalue weighted by Crippen LogP contribution is 2.43. The maximum Gasteiger partial charge on any atom is 0.242 e. The van der Waals surface area contributed by atoms with E-state index >= 15 is 0 Å². The van der Waals surface area contributed by atoms with Crippen LogP contribution in [0.15, 0.2) is 12.4 Å². The number of aryl methyl sites for hydroxylation is 1. The summed E-state index contributed by atoms with van der Waals surface area (Å²) in [5.74, 6) is 2.25. The fourth-order valence-corrected chi connectivity index (χ4v) is 3.54. The summed E-state index contributed by atoms with van der Waals surface area (Å²) in [6.45, 7) is 3.53. The van der Waals surface area contributed by atoms with E-state index in [0.29, 0.717) is 5.92 Å². The van der Waals surface area contributed by atoms with E-state index in [4.69, 9.17) is 5.73 Å². The van der Waals surface area contributed by atoms with E-state index in [1.807, 2.05) is 17.9 Å². The van der Waals surface area contributed by atoms with Gasteiger partial charge in [0, 0.05) is 36.8 Å². The van der Waals surface area contributed by atoms with Crippen molar-refractivity contribution in [2.24, 2.45) is 17.6 Å². The molecule has 4 rings (SSSR count). The molecule has 1 amide bonds. The van der Waals surface area contributed by atoms with Gasteiger partial charge in [0.05, 0.1) is 5.54 Å². The van der Waals surface area contributed by atoms with Gasteiger partial charge in [-0.2, -0.15) is 0 Å². The second-order valence-corrected chi connectivity index (χ2v) is 7.16. The highest BCUT2D eigenvalue weighted by Gasteiger charge is 2.52. The van der Waals surface area contributed by atoms with Gasteiger partial charge in [0.1, 0.15) is 12.1 Å². The minimum Gasteiger partial charge on any atom is -0.365 e. The molecule has 24 heavy (non-hydrogen) atoms. The SMILES string of the molecule is Cc1cc(N[C@H]2CN(C(=O)C3(N)CC3)C[C@@H]2C2CC2)ncn1.Cl.Cl. The van der Waals surface area contributed by atoms with Crippen LogP contribution in [0.4, 0.5) is 5.82 Å². The van der Waals surface area contributed by atoms with Crippen LogP contribution in [-0.2, 0) is 4.79 Å². The Morgan fingerprint density at radius 1 is 1.29 bits per heavy atom. The molecule has 0 spiro atoms. The van der Waals surface area contributed by atoms with Gasteiger partial charge in [0.2, 0.25) is 5.91 Å². The number of nitrogens with two attached hydrogens (primary N) is 1. The van der Waals surface area contributed by atoms with Crippen LogP contribution in [0, 0.1) is 18.8 Å². The molecule has 134 valence electrons. The topological polar surface area (TPSA) is 84.1 Å². The molecule has 3 N–H and O–H groups in total. The van der Waals surface area contributed by atoms with Crippen molar-refractivity contribution in [2.75, 3.05) is 18.4 Å². The van der Waals surface area contributed by atoms with E-state index in [2.05, 4.69) is 15.3 Å². The molecule has 3 aliphatic rings. The van der Waals surface area contributed by atoms with Crippen LogP contribution in [-0.4, -0.2) is 45.4 Å². The van der Waals surface area contributed by atoms with Crippen molar-refractivity contribution in [1.29, 1.82) is 0 Å². The van der Waals surface area contributed by atoms with Gasteiger partial charge in [-0.05, 0) is 38.5 Å². The fourth-order valence-electron chi connectivity index (χ4n) is 3.54. The van der Waals surface area contributed by atoms with Crippen LogP contribution in [0.3, 0.4) is 0 Å². The smallest absolute Gasteiger partial charge is 0.242 e. The van der Waals surface area contributed by atoms with Crippen LogP contribution in [0.1, 0.15) is 31.4 Å². The summed E-state index contributed by atoms with van der Waals surface area (Å²) < 4.78 is 0. The molecule has 2 aliphatic carbocycles. The monoisotopic (exact) mass is 373 g/mol. The number of anilines is 1. The van der Waals surface area contributed by atoms with Crippen molar-refractivity contribution in [3.63, 3.8) is 0 Å². The Hall–Kier alpha value is -1.11. The first-order valence-corrected chi connectivity index (χ1v) is 8.19. The molecule has 8 heteroatoms. The molecular formula is C16H25Cl2N5O. The number of carbonyl (C=O) groups excluding carboxylic acids is 1. The van der Waals surface area contributed by atoms with E-state index < -0.39 is 5.54 Å². The zero-order valence-corrected chi connectivity index (χ0v) is 15.4. The van der Waals surface area contributed by atoms with Crippen molar-refractivity contribution < 1.29 is 4.79 Å². The predicted molar refractivity (Wildman–Crippen MR) is 97.6 cm³/mol. The maximum absolute atomic E-state index is 12.5. The number of carbonyl (C=O) groups is 1. The lowest BCUT2D eigenvalue weighted by Gasteiger charge is -2.20. The lowest BCUT2D eigenvalue weighted by molar-refractivity contribution is -0.132. The number of rotatable bonds is 4. The summed E-state index contributed by atoms with van der Waals surface area (Å²) in [6, 6.07) is 2.23. The number of aromatic nitrogens is 2. The minimum atomic E-state index is -0.561. The van der Waals surface area contributed by atoms with E-state index in [-0.39, 0.29) is 36.8 Å². The van der Waals surface area contributed by atoms with Crippen molar-refractivity contribution in [1.82, 2.24) is 14.9 Å². The number of hydrogen-bond acceptors (Lipinski definition) is 5. The first kappa shape index (κ1) is 19.2. The third-order valence-corrected chi connectivity index (χ3v) is 5.23. The van der Waals surface area contributed by atoms with E-state index in [9.17, 15) is 4.79 Å². The summed E-state index contributed by atoms with van der Waals surface area (Å²) in [5.41, 5.74) is 6.48. The molecule has 1 aromatic rings. The second-order valence-electron chi connectivity index (χ2n) is 7.16. The molecule has 0 aromatic carbocycles. The molecule has 0 unspecified atom stereocenters. The van der Waals surface area contributed by atoms with Gasteiger partial charge >= 0.3 is 0 Å². The Morgan fingerprint density at radius 2 is 2.00 bits per heavy atom. The first-order valence-electron chi connectivity index (χ1n) is 8.19. The summed E-state index contributed by atoms with van der Waals surface area (Å²) >= 11 is 0. The average Bonchev–Trinajstić information content (AvgIpc) is 3.41. The molecule has 2 saturated carbocycles. The zero-order valence-electron chi connectivity index (χ0n) is 13.8. The molecule has 0 radical (unpaired) electrons. The molecule has 0 bridgehead atoms. The molecule has 6 nitrogen and oxygen atoms in total. The van der Waals surface area contributed by atoms with Crippen molar-refractivity contribution in [3.05, 3.63) is 18.1 Å². The Bertz CT molecular complexity index is 606. The summed E-state index contributed by atoms with van der Waals surface area (Å²) in [5, 5.41) is 3.52. The lowest BCUT2D eigenvalue weighted by Crippen LogP contribution is -2.45.